The zero-order chi connectivity index (χ0) is 25.5. The molecule has 4 rings (SSSR count). The van der Waals surface area contributed by atoms with Crippen LogP contribution in [0.5, 0.6) is 11.5 Å². The van der Waals surface area contributed by atoms with Crippen molar-refractivity contribution in [3.8, 4) is 11.5 Å². The second-order valence-corrected chi connectivity index (χ2v) is 9.65. The highest BCUT2D eigenvalue weighted by Gasteiger charge is 2.37. The standard InChI is InChI=1S/C29H42N4O3/c1-5-30-14-8-11-25(22-12-13-28(35-3)29(19-22)36-4)33-20-24-23(27(33)21-34)9-7-10-26(24)32-17-15-31(6-2)16-18-32/h7,9-10,12-13,19,21,25,27,30H,5-6,8,11,14-18,20H2,1-4H3/t25-,27?/m1/s1. The van der Waals surface area contributed by atoms with E-state index in [0.29, 0.717) is 0 Å². The SMILES string of the molecule is CCNCCC[C@H](c1ccc(OC)c(OC)c1)N1Cc2c(cccc2N2CCN(CC)CC2)C1C=O. The Bertz CT molecular complexity index is 1010. The average Bonchev–Trinajstić information content (AvgIpc) is 3.31. The summed E-state index contributed by atoms with van der Waals surface area (Å²) < 4.78 is 11.1. The first kappa shape index (κ1) is 26.5. The Morgan fingerprint density at radius 1 is 1.06 bits per heavy atom. The van der Waals surface area contributed by atoms with Crippen LogP contribution in [-0.4, -0.2) is 76.1 Å². The summed E-state index contributed by atoms with van der Waals surface area (Å²) in [7, 11) is 3.33. The number of anilines is 1. The van der Waals surface area contributed by atoms with Crippen LogP contribution in [0, 0.1) is 0 Å². The maximum atomic E-state index is 12.6. The lowest BCUT2D eigenvalue weighted by Crippen LogP contribution is -2.46. The Morgan fingerprint density at radius 2 is 1.83 bits per heavy atom. The van der Waals surface area contributed by atoms with Crippen molar-refractivity contribution < 1.29 is 14.3 Å². The molecule has 0 amide bonds. The molecule has 0 spiro atoms. The highest BCUT2D eigenvalue weighted by molar-refractivity contribution is 5.70. The van der Waals surface area contributed by atoms with Crippen molar-refractivity contribution in [3.05, 3.63) is 53.1 Å². The zero-order valence-corrected chi connectivity index (χ0v) is 22.3. The third-order valence-corrected chi connectivity index (χ3v) is 7.77. The predicted octanol–water partition coefficient (Wildman–Crippen LogP) is 4.03. The first-order valence-electron chi connectivity index (χ1n) is 13.4. The van der Waals surface area contributed by atoms with Gasteiger partial charge >= 0.3 is 0 Å². The van der Waals surface area contributed by atoms with Crippen LogP contribution in [0.3, 0.4) is 0 Å². The van der Waals surface area contributed by atoms with Crippen molar-refractivity contribution in [2.45, 2.75) is 45.3 Å². The van der Waals surface area contributed by atoms with Gasteiger partial charge in [-0.25, -0.2) is 0 Å². The molecule has 36 heavy (non-hydrogen) atoms. The third kappa shape index (κ3) is 5.53. The quantitative estimate of drug-likeness (QED) is 0.353. The van der Waals surface area contributed by atoms with Crippen LogP contribution in [0.25, 0.3) is 0 Å². The lowest BCUT2D eigenvalue weighted by Gasteiger charge is -2.36. The van der Waals surface area contributed by atoms with E-state index in [0.717, 1.165) is 94.1 Å². The molecule has 7 heteroatoms. The number of hydrogen-bond donors (Lipinski definition) is 1. The molecule has 0 radical (unpaired) electrons. The van der Waals surface area contributed by atoms with Crippen molar-refractivity contribution in [1.29, 1.82) is 0 Å². The minimum atomic E-state index is -0.255. The maximum Gasteiger partial charge on any atom is 0.161 e. The van der Waals surface area contributed by atoms with E-state index in [1.165, 1.54) is 11.3 Å². The zero-order valence-electron chi connectivity index (χ0n) is 22.3. The molecule has 7 nitrogen and oxygen atoms in total. The highest BCUT2D eigenvalue weighted by atomic mass is 16.5. The normalized spacial score (nSPS) is 19.2. The number of nitrogens with one attached hydrogen (secondary N) is 1. The lowest BCUT2D eigenvalue weighted by molar-refractivity contribution is -0.113. The molecule has 1 fully saturated rings. The summed E-state index contributed by atoms with van der Waals surface area (Å²) in [5.74, 6) is 1.44. The van der Waals surface area contributed by atoms with Gasteiger partial charge < -0.3 is 29.4 Å². The number of likely N-dealkylation sites (N-methyl/N-ethyl adjacent to an activating group) is 1. The van der Waals surface area contributed by atoms with Gasteiger partial charge in [0.05, 0.1) is 20.3 Å². The van der Waals surface area contributed by atoms with Crippen LogP contribution < -0.4 is 19.7 Å². The Kier molecular flexibility index (Phi) is 9.24. The molecular weight excluding hydrogens is 452 g/mol. The maximum absolute atomic E-state index is 12.6. The molecule has 0 aliphatic carbocycles. The number of rotatable bonds is 12. The van der Waals surface area contributed by atoms with Crippen molar-refractivity contribution in [3.63, 3.8) is 0 Å². The number of fused-ring (bicyclic) bond motifs is 1. The lowest BCUT2D eigenvalue weighted by atomic mass is 9.98. The molecule has 2 aromatic carbocycles. The van der Waals surface area contributed by atoms with E-state index >= 15 is 0 Å². The number of methoxy groups -OCH3 is 2. The summed E-state index contributed by atoms with van der Waals surface area (Å²) in [4.78, 5) is 20.0. The summed E-state index contributed by atoms with van der Waals surface area (Å²) in [5, 5.41) is 3.45. The molecule has 1 unspecified atom stereocenters. The van der Waals surface area contributed by atoms with Gasteiger partial charge in [0.25, 0.3) is 0 Å². The smallest absolute Gasteiger partial charge is 0.161 e. The molecule has 2 aliphatic rings. The van der Waals surface area contributed by atoms with Crippen LogP contribution >= 0.6 is 0 Å². The summed E-state index contributed by atoms with van der Waals surface area (Å²) in [6.45, 7) is 12.4. The van der Waals surface area contributed by atoms with Crippen molar-refractivity contribution in [1.82, 2.24) is 15.1 Å². The molecule has 0 saturated carbocycles. The van der Waals surface area contributed by atoms with Gasteiger partial charge in [-0.15, -0.1) is 0 Å². The van der Waals surface area contributed by atoms with Gasteiger partial charge in [-0.1, -0.05) is 32.0 Å². The fraction of sp³-hybridized carbons (Fsp3) is 0.552. The molecule has 2 heterocycles. The predicted molar refractivity (Wildman–Crippen MR) is 145 cm³/mol. The van der Waals surface area contributed by atoms with E-state index in [2.05, 4.69) is 64.2 Å². The molecular formula is C29H42N4O3. The molecule has 196 valence electrons. The molecule has 1 saturated heterocycles. The number of aldehydes is 1. The fourth-order valence-electron chi connectivity index (χ4n) is 5.74. The molecule has 1 N–H and O–H groups in total. The van der Waals surface area contributed by atoms with Crippen molar-refractivity contribution >= 4 is 12.0 Å². The third-order valence-electron chi connectivity index (χ3n) is 7.77. The second kappa shape index (κ2) is 12.6. The fourth-order valence-corrected chi connectivity index (χ4v) is 5.74. The number of piperazine rings is 1. The summed E-state index contributed by atoms with van der Waals surface area (Å²) in [6, 6.07) is 12.5. The minimum Gasteiger partial charge on any atom is -0.493 e. The highest BCUT2D eigenvalue weighted by Crippen LogP contribution is 2.45. The van der Waals surface area contributed by atoms with Crippen LogP contribution in [0.15, 0.2) is 36.4 Å². The van der Waals surface area contributed by atoms with Gasteiger partial charge in [-0.2, -0.15) is 0 Å². The van der Waals surface area contributed by atoms with Gasteiger partial charge in [0.1, 0.15) is 6.29 Å². The summed E-state index contributed by atoms with van der Waals surface area (Å²) in [5.41, 5.74) is 4.90. The monoisotopic (exact) mass is 494 g/mol. The van der Waals surface area contributed by atoms with Crippen LogP contribution in [0.4, 0.5) is 5.69 Å². The number of hydrogen-bond acceptors (Lipinski definition) is 7. The Balaban J connectivity index is 1.65. The van der Waals surface area contributed by atoms with Crippen molar-refractivity contribution in [2.75, 3.05) is 64.9 Å². The van der Waals surface area contributed by atoms with Gasteiger partial charge in [-0.05, 0) is 67.4 Å². The van der Waals surface area contributed by atoms with Gasteiger partial charge in [-0.3, -0.25) is 4.90 Å². The molecule has 2 aromatic rings. The number of benzene rings is 2. The first-order chi connectivity index (χ1) is 17.6. The van der Waals surface area contributed by atoms with E-state index in [1.807, 2.05) is 6.07 Å². The number of carbonyl (C=O) groups excluding carboxylic acids is 1. The van der Waals surface area contributed by atoms with E-state index < -0.39 is 0 Å². The number of nitrogens with zero attached hydrogens (tertiary/aromatic N) is 3. The van der Waals surface area contributed by atoms with Crippen LogP contribution in [0.1, 0.15) is 55.5 Å². The molecule has 0 aromatic heterocycles. The van der Waals surface area contributed by atoms with Gasteiger partial charge in [0, 0.05) is 44.5 Å². The number of carbonyl (C=O) groups is 1. The Morgan fingerprint density at radius 3 is 2.50 bits per heavy atom. The number of ether oxygens (including phenoxy) is 2. The molecule has 0 bridgehead atoms. The van der Waals surface area contributed by atoms with Gasteiger partial charge in [0.15, 0.2) is 11.5 Å². The van der Waals surface area contributed by atoms with Crippen LogP contribution in [-0.2, 0) is 11.3 Å². The van der Waals surface area contributed by atoms with Crippen molar-refractivity contribution in [2.24, 2.45) is 0 Å². The Labute approximate surface area is 216 Å². The molecule has 2 atom stereocenters. The van der Waals surface area contributed by atoms with E-state index in [9.17, 15) is 4.79 Å². The largest absolute Gasteiger partial charge is 0.493 e. The van der Waals surface area contributed by atoms with Crippen LogP contribution in [0.2, 0.25) is 0 Å². The van der Waals surface area contributed by atoms with E-state index in [1.54, 1.807) is 14.2 Å². The Hall–Kier alpha value is -2.61. The van der Waals surface area contributed by atoms with Gasteiger partial charge in [0.2, 0.25) is 0 Å². The summed E-state index contributed by atoms with van der Waals surface area (Å²) in [6.07, 6.45) is 3.10. The summed E-state index contributed by atoms with van der Waals surface area (Å²) >= 11 is 0. The van der Waals surface area contributed by atoms with E-state index in [4.69, 9.17) is 9.47 Å². The molecule has 2 aliphatic heterocycles. The average molecular weight is 495 g/mol. The topological polar surface area (TPSA) is 57.3 Å². The first-order valence-corrected chi connectivity index (χ1v) is 13.4. The van der Waals surface area contributed by atoms with E-state index in [-0.39, 0.29) is 12.1 Å². The minimum absolute atomic E-state index is 0.0934. The second-order valence-electron chi connectivity index (χ2n) is 9.65.